The topological polar surface area (TPSA) is 77.8 Å². The van der Waals surface area contributed by atoms with Gasteiger partial charge in [-0.2, -0.15) is 0 Å². The van der Waals surface area contributed by atoms with Crippen LogP contribution in [0.3, 0.4) is 0 Å². The van der Waals surface area contributed by atoms with Crippen LogP contribution in [0.15, 0.2) is 0 Å². The maximum Gasteiger partial charge on any atom is 0.466 e. The van der Waals surface area contributed by atoms with Gasteiger partial charge in [-0.1, -0.05) is 0 Å². The van der Waals surface area contributed by atoms with E-state index in [1.54, 1.807) is 0 Å². The van der Waals surface area contributed by atoms with E-state index in [0.29, 0.717) is 0 Å². The molecule has 8 heteroatoms. The molecule has 0 aliphatic carbocycles. The Balaban J connectivity index is -0.0000000267. The average Bonchev–Trinajstić information content (AvgIpc) is 0.722. The largest absolute Gasteiger partial charge is 0.466 e. The molecule has 0 bridgehead atoms. The molecule has 0 aromatic rings. The minimum atomic E-state index is -4.64. The summed E-state index contributed by atoms with van der Waals surface area (Å²) in [6, 6.07) is 0. The van der Waals surface area contributed by atoms with E-state index in [0.717, 1.165) is 0 Å². The van der Waals surface area contributed by atoms with Crippen LogP contribution in [0.25, 0.3) is 0 Å². The molecule has 0 fully saturated rings. The fourth-order valence-corrected chi connectivity index (χ4v) is 0. The summed E-state index contributed by atoms with van der Waals surface area (Å²) >= 11 is 0. The number of phosphoric acid groups is 1. The van der Waals surface area contributed by atoms with Gasteiger partial charge in [-0.05, 0) is 11.0 Å². The molecular weight excluding hydrogens is 215 g/mol. The SMILES string of the molecule is O=P(O)(O)O.[AlH2].[SiH3].[Zn]. The molecule has 0 atom stereocenters. The van der Waals surface area contributed by atoms with Crippen LogP contribution in [0.4, 0.5) is 0 Å². The molecule has 4 nitrogen and oxygen atoms in total. The van der Waals surface area contributed by atoms with E-state index >= 15 is 0 Å². The summed E-state index contributed by atoms with van der Waals surface area (Å²) < 4.78 is 8.88. The fraction of sp³-hybridized carbons (Fsp3) is 0. The van der Waals surface area contributed by atoms with Crippen LogP contribution >= 0.6 is 7.82 Å². The van der Waals surface area contributed by atoms with Crippen molar-refractivity contribution >= 4 is 36.1 Å². The molecule has 0 aromatic heterocycles. The van der Waals surface area contributed by atoms with Gasteiger partial charge in [-0.3, -0.25) is 0 Å². The second kappa shape index (κ2) is 8.48. The summed E-state index contributed by atoms with van der Waals surface area (Å²) in [4.78, 5) is 21.6. The molecule has 8 heavy (non-hydrogen) atoms. The zero-order chi connectivity index (χ0) is 4.50. The summed E-state index contributed by atoms with van der Waals surface area (Å²) in [7, 11) is -4.64. The summed E-state index contributed by atoms with van der Waals surface area (Å²) in [5.41, 5.74) is 0. The van der Waals surface area contributed by atoms with Crippen LogP contribution in [0.5, 0.6) is 0 Å². The van der Waals surface area contributed by atoms with Crippen molar-refractivity contribution in [3.8, 4) is 0 Å². The predicted molar refractivity (Wildman–Crippen MR) is 32.7 cm³/mol. The van der Waals surface area contributed by atoms with Gasteiger partial charge in [0.1, 0.15) is 17.4 Å². The van der Waals surface area contributed by atoms with Gasteiger partial charge in [0, 0.05) is 19.5 Å². The van der Waals surface area contributed by atoms with E-state index in [2.05, 4.69) is 0 Å². The van der Waals surface area contributed by atoms with E-state index in [4.69, 9.17) is 19.2 Å². The van der Waals surface area contributed by atoms with Gasteiger partial charge in [0.05, 0.1) is 0 Å². The third kappa shape index (κ3) is 143. The second-order valence-electron chi connectivity index (χ2n) is 0.513. The molecule has 0 aliphatic heterocycles. The normalized spacial score (nSPS) is 7.38. The average molecular weight is 223 g/mol. The molecular formula is H8AlO4PSiZn. The van der Waals surface area contributed by atoms with Crippen molar-refractivity contribution in [3.05, 3.63) is 0 Å². The first-order chi connectivity index (χ1) is 2.00. The molecule has 0 heterocycles. The number of hydrogen-bond acceptors (Lipinski definition) is 1. The van der Waals surface area contributed by atoms with E-state index in [9.17, 15) is 0 Å². The van der Waals surface area contributed by atoms with Gasteiger partial charge in [0.2, 0.25) is 0 Å². The van der Waals surface area contributed by atoms with E-state index < -0.39 is 7.82 Å². The Morgan fingerprint density at radius 1 is 1.12 bits per heavy atom. The molecule has 0 rings (SSSR count). The predicted octanol–water partition coefficient (Wildman–Crippen LogP) is -3.03. The molecule has 0 unspecified atom stereocenters. The van der Waals surface area contributed by atoms with E-state index in [1.807, 2.05) is 0 Å². The molecule has 46 valence electrons. The maximum atomic E-state index is 8.88. The molecule has 3 N–H and O–H groups in total. The summed E-state index contributed by atoms with van der Waals surface area (Å²) in [6.45, 7) is 0. The molecule has 0 amide bonds. The second-order valence-corrected chi connectivity index (χ2v) is 1.54. The van der Waals surface area contributed by atoms with Gasteiger partial charge >= 0.3 is 7.82 Å². The monoisotopic (exact) mass is 222 g/mol. The summed E-state index contributed by atoms with van der Waals surface area (Å²) in [6.07, 6.45) is 0. The number of hydrogen-bond donors (Lipinski definition) is 3. The minimum absolute atomic E-state index is 0. The standard InChI is InChI=1S/Al.H3O4P.H3Si.Zn.2H/c;1-5(2,3)4;;;;/h;(H3,1,2,3,4);1H3;;;. The molecule has 0 aliphatic rings. The van der Waals surface area contributed by atoms with E-state index in [1.165, 1.54) is 0 Å². The van der Waals surface area contributed by atoms with Crippen molar-refractivity contribution < 1.29 is 38.7 Å². The third-order valence-electron chi connectivity index (χ3n) is 0. The Bertz CT molecular complexity index is 62.2. The Hall–Kier alpha value is 1.48. The van der Waals surface area contributed by atoms with Crippen LogP contribution in [-0.2, 0) is 24.0 Å². The maximum absolute atomic E-state index is 8.88. The van der Waals surface area contributed by atoms with Crippen LogP contribution in [0.2, 0.25) is 0 Å². The third-order valence-corrected chi connectivity index (χ3v) is 0. The van der Waals surface area contributed by atoms with Crippen molar-refractivity contribution in [1.82, 2.24) is 0 Å². The zero-order valence-electron chi connectivity index (χ0n) is 4.90. The van der Waals surface area contributed by atoms with Gasteiger partial charge < -0.3 is 14.7 Å². The molecule has 0 saturated heterocycles. The first kappa shape index (κ1) is 22.7. The first-order valence-electron chi connectivity index (χ1n) is 0.783. The quantitative estimate of drug-likeness (QED) is 0.302. The molecule has 0 aromatic carbocycles. The van der Waals surface area contributed by atoms with Gasteiger partial charge in [-0.15, -0.1) is 0 Å². The van der Waals surface area contributed by atoms with Crippen LogP contribution in [0, 0.1) is 0 Å². The first-order valence-corrected chi connectivity index (χ1v) is 2.35. The van der Waals surface area contributed by atoms with Gasteiger partial charge in [-0.25, -0.2) is 4.57 Å². The van der Waals surface area contributed by atoms with Crippen LogP contribution in [-0.4, -0.2) is 43.0 Å². The molecule has 2 radical (unpaired) electrons. The van der Waals surface area contributed by atoms with E-state index in [-0.39, 0.29) is 47.8 Å². The molecule has 0 spiro atoms. The van der Waals surface area contributed by atoms with Crippen LogP contribution < -0.4 is 0 Å². The Labute approximate surface area is 74.8 Å². The molecule has 0 saturated carbocycles. The fourth-order valence-electron chi connectivity index (χ4n) is 0. The number of rotatable bonds is 0. The smallest absolute Gasteiger partial charge is 0.303 e. The zero-order valence-corrected chi connectivity index (χ0v) is 12.8. The Kier molecular flexibility index (Phi) is 24.1. The van der Waals surface area contributed by atoms with Crippen LogP contribution in [0.1, 0.15) is 0 Å². The van der Waals surface area contributed by atoms with Crippen molar-refractivity contribution in [2.75, 3.05) is 0 Å². The summed E-state index contributed by atoms with van der Waals surface area (Å²) in [5.74, 6) is 0. The Morgan fingerprint density at radius 2 is 1.12 bits per heavy atom. The van der Waals surface area contributed by atoms with Crippen molar-refractivity contribution in [2.24, 2.45) is 0 Å². The minimum Gasteiger partial charge on any atom is -0.303 e. The van der Waals surface area contributed by atoms with Gasteiger partial charge in [0.25, 0.3) is 0 Å². The Morgan fingerprint density at radius 3 is 1.12 bits per heavy atom. The van der Waals surface area contributed by atoms with Gasteiger partial charge in [0.15, 0.2) is 0 Å². The van der Waals surface area contributed by atoms with Crippen molar-refractivity contribution in [1.29, 1.82) is 0 Å². The van der Waals surface area contributed by atoms with Crippen molar-refractivity contribution in [2.45, 2.75) is 0 Å². The summed E-state index contributed by atoms with van der Waals surface area (Å²) in [5, 5.41) is 0. The van der Waals surface area contributed by atoms with Crippen molar-refractivity contribution in [3.63, 3.8) is 0 Å².